The van der Waals surface area contributed by atoms with E-state index < -0.39 is 9.84 Å². The Bertz CT molecular complexity index is 858. The first-order chi connectivity index (χ1) is 10.2. The molecule has 7 aliphatic rings. The summed E-state index contributed by atoms with van der Waals surface area (Å²) >= 11 is 0. The lowest BCUT2D eigenvalue weighted by Gasteiger charge is -2.39. The quantitative estimate of drug-likeness (QED) is 0.841. The van der Waals surface area contributed by atoms with Gasteiger partial charge in [-0.3, -0.25) is 0 Å². The molecule has 6 fully saturated rings. The van der Waals surface area contributed by atoms with Crippen LogP contribution in [0.1, 0.15) is 12.8 Å². The highest BCUT2D eigenvalue weighted by Gasteiger charge is 3.08. The molecular weight excluding hydrogens is 280 g/mol. The summed E-state index contributed by atoms with van der Waals surface area (Å²) in [6.07, 6.45) is 4.75. The third-order valence-corrected chi connectivity index (χ3v) is 10.3. The van der Waals surface area contributed by atoms with Gasteiger partial charge in [-0.05, 0) is 65.4 Å². The predicted molar refractivity (Wildman–Crippen MR) is 76.8 cm³/mol. The Kier molecular flexibility index (Phi) is 1.28. The van der Waals surface area contributed by atoms with E-state index in [1.165, 1.54) is 6.42 Å². The van der Waals surface area contributed by atoms with Crippen LogP contribution in [-0.2, 0) is 9.84 Å². The van der Waals surface area contributed by atoms with Crippen LogP contribution >= 0.6 is 0 Å². The van der Waals surface area contributed by atoms with Crippen molar-refractivity contribution in [3.63, 3.8) is 0 Å². The van der Waals surface area contributed by atoms with E-state index >= 15 is 0 Å². The van der Waals surface area contributed by atoms with Crippen LogP contribution in [0, 0.1) is 46.3 Å². The van der Waals surface area contributed by atoms with Crippen molar-refractivity contribution in [2.24, 2.45) is 46.3 Å². The first kappa shape index (κ1) is 10.6. The van der Waals surface area contributed by atoms with Crippen molar-refractivity contribution in [2.45, 2.75) is 17.7 Å². The van der Waals surface area contributed by atoms with E-state index in [-0.39, 0.29) is 0 Å². The molecule has 0 aliphatic heterocycles. The highest BCUT2D eigenvalue weighted by molar-refractivity contribution is 7.95. The van der Waals surface area contributed by atoms with Crippen molar-refractivity contribution in [1.29, 1.82) is 0 Å². The van der Waals surface area contributed by atoms with Gasteiger partial charge in [0, 0.05) is 10.8 Å². The van der Waals surface area contributed by atoms with E-state index in [4.69, 9.17) is 0 Å². The van der Waals surface area contributed by atoms with E-state index in [9.17, 15) is 8.42 Å². The van der Waals surface area contributed by atoms with E-state index in [1.807, 2.05) is 18.2 Å². The molecule has 2 spiro atoms. The molecule has 21 heavy (non-hydrogen) atoms. The molecule has 1 aromatic carbocycles. The van der Waals surface area contributed by atoms with Crippen molar-refractivity contribution in [2.75, 3.05) is 0 Å². The third kappa shape index (κ3) is 0.700. The zero-order valence-electron chi connectivity index (χ0n) is 11.6. The molecule has 2 nitrogen and oxygen atoms in total. The lowest BCUT2D eigenvalue weighted by molar-refractivity contribution is 0.119. The average Bonchev–Trinajstić information content (AvgIpc) is 2.98. The van der Waals surface area contributed by atoms with Crippen LogP contribution in [0.5, 0.6) is 0 Å². The second-order valence-electron chi connectivity index (χ2n) is 8.15. The molecule has 8 atom stereocenters. The van der Waals surface area contributed by atoms with Gasteiger partial charge >= 0.3 is 0 Å². The van der Waals surface area contributed by atoms with Crippen LogP contribution in [0.25, 0.3) is 0 Å². The van der Waals surface area contributed by atoms with Gasteiger partial charge in [0.15, 0.2) is 0 Å². The van der Waals surface area contributed by atoms with Crippen LogP contribution in [0.15, 0.2) is 46.2 Å². The summed E-state index contributed by atoms with van der Waals surface area (Å²) in [6, 6.07) is 9.05. The topological polar surface area (TPSA) is 34.1 Å². The third-order valence-electron chi connectivity index (χ3n) is 8.38. The Morgan fingerprint density at radius 1 is 0.952 bits per heavy atom. The first-order valence-corrected chi connectivity index (χ1v) is 9.66. The molecule has 4 bridgehead atoms. The number of fused-ring (bicyclic) bond motifs is 2. The predicted octanol–water partition coefficient (Wildman–Crippen LogP) is 2.88. The fourth-order valence-electron chi connectivity index (χ4n) is 8.36. The summed E-state index contributed by atoms with van der Waals surface area (Å²) in [5.74, 6) is 4.78. The van der Waals surface area contributed by atoms with Gasteiger partial charge in [0.2, 0.25) is 9.84 Å². The highest BCUT2D eigenvalue weighted by Crippen LogP contribution is 3.11. The highest BCUT2D eigenvalue weighted by atomic mass is 32.2. The normalized spacial score (nSPS) is 59.1. The second kappa shape index (κ2) is 2.54. The summed E-state index contributed by atoms with van der Waals surface area (Å²) in [7, 11) is -3.26. The molecule has 7 aliphatic carbocycles. The molecule has 0 aromatic heterocycles. The summed E-state index contributed by atoms with van der Waals surface area (Å²) in [4.78, 5) is 1.29. The fourth-order valence-corrected chi connectivity index (χ4v) is 10.2. The van der Waals surface area contributed by atoms with Crippen LogP contribution in [0.4, 0.5) is 0 Å². The van der Waals surface area contributed by atoms with Gasteiger partial charge in [0.25, 0.3) is 0 Å². The lowest BCUT2D eigenvalue weighted by atomic mass is 9.66. The minimum absolute atomic E-state index is 0.367. The summed E-state index contributed by atoms with van der Waals surface area (Å²) in [5.41, 5.74) is 1.08. The lowest BCUT2D eigenvalue weighted by Crippen LogP contribution is -2.37. The molecular formula is C18H16O2S. The van der Waals surface area contributed by atoms with E-state index in [1.54, 1.807) is 12.1 Å². The van der Waals surface area contributed by atoms with Crippen molar-refractivity contribution >= 4 is 9.84 Å². The summed E-state index contributed by atoms with van der Waals surface area (Å²) < 4.78 is 26.1. The van der Waals surface area contributed by atoms with Crippen molar-refractivity contribution in [1.82, 2.24) is 0 Å². The van der Waals surface area contributed by atoms with Crippen LogP contribution in [-0.4, -0.2) is 8.42 Å². The Morgan fingerprint density at radius 3 is 2.38 bits per heavy atom. The molecule has 0 radical (unpaired) electrons. The minimum Gasteiger partial charge on any atom is -0.219 e. The zero-order chi connectivity index (χ0) is 13.8. The van der Waals surface area contributed by atoms with Crippen molar-refractivity contribution in [3.8, 4) is 0 Å². The molecule has 3 heteroatoms. The first-order valence-electron chi connectivity index (χ1n) is 8.18. The number of benzene rings is 1. The Morgan fingerprint density at radius 2 is 1.67 bits per heavy atom. The van der Waals surface area contributed by atoms with Crippen molar-refractivity contribution in [3.05, 3.63) is 41.3 Å². The number of hydrogen-bond acceptors (Lipinski definition) is 2. The molecule has 8 rings (SSSR count). The molecule has 1 aromatic rings. The molecule has 8 unspecified atom stereocenters. The summed E-state index contributed by atoms with van der Waals surface area (Å²) in [6.45, 7) is 0. The second-order valence-corrected chi connectivity index (χ2v) is 10.1. The molecule has 0 saturated heterocycles. The number of sulfone groups is 1. The Hall–Kier alpha value is -1.09. The van der Waals surface area contributed by atoms with Gasteiger partial charge in [0.1, 0.15) is 0 Å². The van der Waals surface area contributed by atoms with Crippen LogP contribution in [0.2, 0.25) is 0 Å². The van der Waals surface area contributed by atoms with E-state index in [2.05, 4.69) is 6.08 Å². The van der Waals surface area contributed by atoms with Crippen LogP contribution < -0.4 is 0 Å². The standard InChI is InChI=1S/C18H16O2S/c19-21(20,10-4-2-1-3-5-10)14-7-9-6-11(14)18-13-8-12-15(16(13)18)17(9,12)18/h1-5,7,9,11-13,15-16H,6,8H2. The molecule has 0 amide bonds. The van der Waals surface area contributed by atoms with Gasteiger partial charge in [0.05, 0.1) is 4.90 Å². The molecule has 106 valence electrons. The van der Waals surface area contributed by atoms with E-state index in [0.29, 0.717) is 27.6 Å². The van der Waals surface area contributed by atoms with Crippen molar-refractivity contribution < 1.29 is 8.42 Å². The zero-order valence-corrected chi connectivity index (χ0v) is 12.4. The monoisotopic (exact) mass is 296 g/mol. The largest absolute Gasteiger partial charge is 0.219 e. The Balaban J connectivity index is 1.42. The fraction of sp³-hybridized carbons (Fsp3) is 0.556. The van der Waals surface area contributed by atoms with Gasteiger partial charge in [-0.25, -0.2) is 8.42 Å². The average molecular weight is 296 g/mol. The minimum atomic E-state index is -3.26. The maximum Gasteiger partial charge on any atom is 0.202 e. The summed E-state index contributed by atoms with van der Waals surface area (Å²) in [5, 5.41) is 0. The van der Waals surface area contributed by atoms with E-state index in [0.717, 1.165) is 35.0 Å². The maximum atomic E-state index is 13.0. The maximum absolute atomic E-state index is 13.0. The SMILES string of the molecule is O=S(=O)(C1=CC2CC1C13C4CC5C(C41)C253)c1ccccc1. The van der Waals surface area contributed by atoms with Gasteiger partial charge in [-0.2, -0.15) is 0 Å². The molecule has 6 saturated carbocycles. The van der Waals surface area contributed by atoms with Gasteiger partial charge < -0.3 is 0 Å². The van der Waals surface area contributed by atoms with Gasteiger partial charge in [-0.1, -0.05) is 24.3 Å². The molecule has 0 N–H and O–H groups in total. The number of hydrogen-bond donors (Lipinski definition) is 0. The smallest absolute Gasteiger partial charge is 0.202 e. The number of allylic oxidation sites excluding steroid dienone is 2. The van der Waals surface area contributed by atoms with Gasteiger partial charge in [-0.15, -0.1) is 0 Å². The van der Waals surface area contributed by atoms with Crippen LogP contribution in [0.3, 0.4) is 0 Å². The molecule has 0 heterocycles. The number of rotatable bonds is 2. The Labute approximate surface area is 124 Å².